The van der Waals surface area contributed by atoms with Crippen LogP contribution < -0.4 is 0 Å². The molecule has 0 fully saturated rings. The number of hydrogen-bond acceptors (Lipinski definition) is 5. The topological polar surface area (TPSA) is 109 Å². The Morgan fingerprint density at radius 1 is 1.60 bits per heavy atom. The lowest BCUT2D eigenvalue weighted by molar-refractivity contribution is -0.401. The van der Waals surface area contributed by atoms with Gasteiger partial charge in [-0.2, -0.15) is 5.10 Å². The molecule has 0 saturated carbocycles. The molecular formula is C8H6N4O3. The summed E-state index contributed by atoms with van der Waals surface area (Å²) in [6.45, 7) is 0. The van der Waals surface area contributed by atoms with Crippen LogP contribution in [0.25, 0.3) is 11.5 Å². The Bertz CT molecular complexity index is 513. The van der Waals surface area contributed by atoms with E-state index in [1.54, 1.807) is 0 Å². The first-order chi connectivity index (χ1) is 7.22. The zero-order chi connectivity index (χ0) is 10.8. The summed E-state index contributed by atoms with van der Waals surface area (Å²) in [5.41, 5.74) is 0.970. The fraction of sp³-hybridized carbons (Fsp3) is 0. The summed E-state index contributed by atoms with van der Waals surface area (Å²) < 4.78 is 4.96. The number of rotatable bonds is 3. The van der Waals surface area contributed by atoms with Crippen LogP contribution in [0.3, 0.4) is 0 Å². The first kappa shape index (κ1) is 9.13. The van der Waals surface area contributed by atoms with Crippen LogP contribution in [0.1, 0.15) is 5.56 Å². The number of H-pyrrole nitrogens is 1. The highest BCUT2D eigenvalue weighted by atomic mass is 16.6. The van der Waals surface area contributed by atoms with Gasteiger partial charge in [0.1, 0.15) is 10.6 Å². The fourth-order valence-corrected chi connectivity index (χ4v) is 1.16. The van der Waals surface area contributed by atoms with Crippen molar-refractivity contribution >= 4 is 12.1 Å². The van der Waals surface area contributed by atoms with Crippen LogP contribution in [0.4, 0.5) is 5.88 Å². The molecule has 0 atom stereocenters. The van der Waals surface area contributed by atoms with Crippen LogP contribution in [0.2, 0.25) is 0 Å². The normalized spacial score (nSPS) is 10.1. The van der Waals surface area contributed by atoms with Gasteiger partial charge in [-0.15, -0.1) is 0 Å². The first-order valence-corrected chi connectivity index (χ1v) is 4.01. The lowest BCUT2D eigenvalue weighted by Gasteiger charge is -1.91. The van der Waals surface area contributed by atoms with E-state index in [2.05, 4.69) is 10.2 Å². The van der Waals surface area contributed by atoms with E-state index < -0.39 is 4.92 Å². The summed E-state index contributed by atoms with van der Waals surface area (Å²) in [5, 5.41) is 23.8. The maximum absolute atomic E-state index is 10.4. The van der Waals surface area contributed by atoms with E-state index in [4.69, 9.17) is 9.83 Å². The van der Waals surface area contributed by atoms with Crippen molar-refractivity contribution in [2.45, 2.75) is 0 Å². The summed E-state index contributed by atoms with van der Waals surface area (Å²) in [7, 11) is 0. The monoisotopic (exact) mass is 206 g/mol. The lowest BCUT2D eigenvalue weighted by atomic mass is 10.2. The quantitative estimate of drug-likeness (QED) is 0.451. The minimum atomic E-state index is -0.621. The molecule has 0 amide bonds. The van der Waals surface area contributed by atoms with E-state index in [1.165, 1.54) is 18.3 Å². The summed E-state index contributed by atoms with van der Waals surface area (Å²) in [4.78, 5) is 9.76. The molecule has 76 valence electrons. The predicted octanol–water partition coefficient (Wildman–Crippen LogP) is 1.58. The molecule has 2 heterocycles. The Labute approximate surface area is 83.4 Å². The van der Waals surface area contributed by atoms with Gasteiger partial charge in [0.25, 0.3) is 0 Å². The second-order valence-electron chi connectivity index (χ2n) is 2.74. The molecule has 2 N–H and O–H groups in total. The van der Waals surface area contributed by atoms with Crippen molar-refractivity contribution in [3.8, 4) is 11.5 Å². The van der Waals surface area contributed by atoms with Gasteiger partial charge in [0.2, 0.25) is 0 Å². The largest absolute Gasteiger partial charge is 0.433 e. The Kier molecular flexibility index (Phi) is 2.05. The van der Waals surface area contributed by atoms with E-state index in [0.717, 1.165) is 6.21 Å². The van der Waals surface area contributed by atoms with Crippen molar-refractivity contribution in [1.82, 2.24) is 10.2 Å². The van der Waals surface area contributed by atoms with Gasteiger partial charge >= 0.3 is 5.88 Å². The van der Waals surface area contributed by atoms with Crippen LogP contribution in [0.5, 0.6) is 0 Å². The van der Waals surface area contributed by atoms with Crippen LogP contribution in [0.15, 0.2) is 22.7 Å². The molecule has 0 saturated heterocycles. The van der Waals surface area contributed by atoms with Gasteiger partial charge in [0.05, 0.1) is 12.3 Å². The van der Waals surface area contributed by atoms with E-state index >= 15 is 0 Å². The van der Waals surface area contributed by atoms with Crippen LogP contribution >= 0.6 is 0 Å². The lowest BCUT2D eigenvalue weighted by Crippen LogP contribution is -1.84. The van der Waals surface area contributed by atoms with E-state index in [1.807, 2.05) is 0 Å². The smallest absolute Gasteiger partial charge is 0.399 e. The van der Waals surface area contributed by atoms with E-state index in [0.29, 0.717) is 11.3 Å². The average Bonchev–Trinajstić information content (AvgIpc) is 2.85. The molecule has 0 aliphatic carbocycles. The van der Waals surface area contributed by atoms with Crippen LogP contribution in [-0.2, 0) is 0 Å². The van der Waals surface area contributed by atoms with Crippen molar-refractivity contribution in [2.24, 2.45) is 0 Å². The molecule has 0 aliphatic rings. The van der Waals surface area contributed by atoms with Crippen molar-refractivity contribution in [3.63, 3.8) is 0 Å². The molecule has 0 aromatic carbocycles. The Hall–Kier alpha value is -2.44. The molecule has 2 rings (SSSR count). The molecule has 0 spiro atoms. The predicted molar refractivity (Wildman–Crippen MR) is 50.8 cm³/mol. The summed E-state index contributed by atoms with van der Waals surface area (Å²) >= 11 is 0. The minimum Gasteiger partial charge on any atom is -0.399 e. The third-order valence-corrected chi connectivity index (χ3v) is 1.84. The maximum atomic E-state index is 10.4. The Morgan fingerprint density at radius 3 is 3.00 bits per heavy atom. The van der Waals surface area contributed by atoms with Gasteiger partial charge < -0.3 is 9.83 Å². The second kappa shape index (κ2) is 3.37. The summed E-state index contributed by atoms with van der Waals surface area (Å²) in [6, 6.07) is 2.71. The van der Waals surface area contributed by atoms with Crippen molar-refractivity contribution < 1.29 is 9.34 Å². The number of aromatic nitrogens is 2. The van der Waals surface area contributed by atoms with Gasteiger partial charge in [0.15, 0.2) is 5.76 Å². The van der Waals surface area contributed by atoms with Crippen LogP contribution in [-0.4, -0.2) is 21.3 Å². The zero-order valence-electron chi connectivity index (χ0n) is 7.43. The molecule has 2 aromatic rings. The Morgan fingerprint density at radius 2 is 2.40 bits per heavy atom. The van der Waals surface area contributed by atoms with E-state index in [9.17, 15) is 10.1 Å². The molecule has 0 bridgehead atoms. The van der Waals surface area contributed by atoms with Gasteiger partial charge in [-0.25, -0.2) is 0 Å². The fourth-order valence-electron chi connectivity index (χ4n) is 1.16. The van der Waals surface area contributed by atoms with Gasteiger partial charge in [-0.05, 0) is 6.07 Å². The molecule has 0 aliphatic heterocycles. The highest BCUT2D eigenvalue weighted by Crippen LogP contribution is 2.25. The van der Waals surface area contributed by atoms with Crippen LogP contribution in [0, 0.1) is 15.5 Å². The number of aromatic amines is 1. The standard InChI is InChI=1S/C8H6N4O3/c9-3-5-4-10-11-8(5)6-1-2-7(15-6)12(13)14/h1-4,9H,(H,10,11). The third kappa shape index (κ3) is 1.50. The number of nitro groups is 1. The SMILES string of the molecule is N=Cc1cn[nH]c1-c1ccc([N+](=O)[O-])o1. The zero-order valence-corrected chi connectivity index (χ0v) is 7.43. The number of hydrogen-bond donors (Lipinski definition) is 2. The molecule has 15 heavy (non-hydrogen) atoms. The molecule has 7 nitrogen and oxygen atoms in total. The van der Waals surface area contributed by atoms with E-state index in [-0.39, 0.29) is 11.6 Å². The molecule has 0 radical (unpaired) electrons. The molecular weight excluding hydrogens is 200 g/mol. The van der Waals surface area contributed by atoms with Gasteiger partial charge in [-0.3, -0.25) is 15.2 Å². The number of furan rings is 1. The van der Waals surface area contributed by atoms with Crippen molar-refractivity contribution in [3.05, 3.63) is 34.0 Å². The maximum Gasteiger partial charge on any atom is 0.433 e. The summed E-state index contributed by atoms with van der Waals surface area (Å²) in [5.74, 6) is -0.0479. The summed E-state index contributed by atoms with van der Waals surface area (Å²) in [6.07, 6.45) is 2.53. The molecule has 2 aromatic heterocycles. The molecule has 7 heteroatoms. The number of nitrogens with one attached hydrogen (secondary N) is 2. The third-order valence-electron chi connectivity index (χ3n) is 1.84. The Balaban J connectivity index is 2.45. The highest BCUT2D eigenvalue weighted by molar-refractivity contribution is 5.85. The first-order valence-electron chi connectivity index (χ1n) is 4.01. The molecule has 0 unspecified atom stereocenters. The van der Waals surface area contributed by atoms with Gasteiger partial charge in [-0.1, -0.05) is 0 Å². The highest BCUT2D eigenvalue weighted by Gasteiger charge is 2.15. The van der Waals surface area contributed by atoms with Crippen molar-refractivity contribution in [1.29, 1.82) is 5.41 Å². The second-order valence-corrected chi connectivity index (χ2v) is 2.74. The average molecular weight is 206 g/mol. The van der Waals surface area contributed by atoms with Crippen molar-refractivity contribution in [2.75, 3.05) is 0 Å². The minimum absolute atomic E-state index is 0.290. The number of nitrogens with zero attached hydrogens (tertiary/aromatic N) is 2. The van der Waals surface area contributed by atoms with Gasteiger partial charge in [0, 0.05) is 11.8 Å².